The Morgan fingerprint density at radius 3 is 2.56 bits per heavy atom. The second-order valence-corrected chi connectivity index (χ2v) is 5.96. The van der Waals surface area contributed by atoms with E-state index in [1.54, 1.807) is 14.2 Å². The number of unbranched alkanes of at least 4 members (excludes halogenated alkanes) is 1. The molecule has 0 fully saturated rings. The lowest BCUT2D eigenvalue weighted by molar-refractivity contribution is 0.332. The zero-order chi connectivity index (χ0) is 18.5. The summed E-state index contributed by atoms with van der Waals surface area (Å²) < 4.78 is 10.7. The number of methoxy groups -OCH3 is 2. The number of guanidine groups is 1. The Morgan fingerprint density at radius 2 is 1.92 bits per heavy atom. The van der Waals surface area contributed by atoms with Crippen LogP contribution < -0.4 is 20.1 Å². The highest BCUT2D eigenvalue weighted by Gasteiger charge is 2.05. The van der Waals surface area contributed by atoms with Gasteiger partial charge in [-0.3, -0.25) is 0 Å². The maximum atomic E-state index is 5.43. The molecule has 2 N–H and O–H groups in total. The van der Waals surface area contributed by atoms with E-state index in [4.69, 9.17) is 9.47 Å². The van der Waals surface area contributed by atoms with Gasteiger partial charge in [-0.2, -0.15) is 0 Å². The van der Waals surface area contributed by atoms with E-state index in [0.717, 1.165) is 49.2 Å². The first-order valence-corrected chi connectivity index (χ1v) is 9.06. The summed E-state index contributed by atoms with van der Waals surface area (Å²) in [4.78, 5) is 7.00. The first kappa shape index (κ1) is 21.1. The van der Waals surface area contributed by atoms with E-state index in [1.165, 1.54) is 12.8 Å². The Bertz CT molecular complexity index is 520. The third-order valence-corrected chi connectivity index (χ3v) is 3.93. The monoisotopic (exact) mass is 350 g/mol. The summed E-state index contributed by atoms with van der Waals surface area (Å²) in [6.45, 7) is 8.66. The molecule has 0 atom stereocenters. The zero-order valence-corrected chi connectivity index (χ0v) is 16.4. The Kier molecular flexibility index (Phi) is 10.5. The molecule has 0 aromatic heterocycles. The predicted molar refractivity (Wildman–Crippen MR) is 105 cm³/mol. The van der Waals surface area contributed by atoms with Crippen molar-refractivity contribution in [3.8, 4) is 11.5 Å². The Balaban J connectivity index is 2.60. The number of aliphatic imine (C=N–C) groups is 1. The lowest BCUT2D eigenvalue weighted by Gasteiger charge is -2.18. The van der Waals surface area contributed by atoms with Gasteiger partial charge in [0.2, 0.25) is 0 Å². The zero-order valence-electron chi connectivity index (χ0n) is 16.4. The highest BCUT2D eigenvalue weighted by molar-refractivity contribution is 5.79. The van der Waals surface area contributed by atoms with Crippen molar-refractivity contribution >= 4 is 5.96 Å². The van der Waals surface area contributed by atoms with Gasteiger partial charge in [0.1, 0.15) is 11.5 Å². The van der Waals surface area contributed by atoms with Crippen molar-refractivity contribution in [1.29, 1.82) is 0 Å². The van der Waals surface area contributed by atoms with Crippen molar-refractivity contribution in [3.05, 3.63) is 23.8 Å². The number of likely N-dealkylation sites (N-methyl/N-ethyl adjacent to an activating group) is 1. The molecular weight excluding hydrogens is 316 g/mol. The van der Waals surface area contributed by atoms with Gasteiger partial charge < -0.3 is 25.0 Å². The van der Waals surface area contributed by atoms with E-state index in [-0.39, 0.29) is 0 Å². The lowest BCUT2D eigenvalue weighted by atomic mass is 10.2. The summed E-state index contributed by atoms with van der Waals surface area (Å²) in [5.74, 6) is 2.40. The van der Waals surface area contributed by atoms with Crippen molar-refractivity contribution in [3.63, 3.8) is 0 Å². The quantitative estimate of drug-likeness (QED) is 0.474. The topological polar surface area (TPSA) is 58.1 Å². The summed E-state index contributed by atoms with van der Waals surface area (Å²) in [5.41, 5.74) is 1.03. The number of nitrogens with zero attached hydrogens (tertiary/aromatic N) is 2. The molecule has 0 aliphatic rings. The van der Waals surface area contributed by atoms with Crippen LogP contribution in [0.5, 0.6) is 11.5 Å². The molecule has 6 nitrogen and oxygen atoms in total. The van der Waals surface area contributed by atoms with Crippen molar-refractivity contribution in [2.24, 2.45) is 4.99 Å². The predicted octanol–water partition coefficient (Wildman–Crippen LogP) is 2.49. The third kappa shape index (κ3) is 8.12. The minimum atomic E-state index is 0.550. The molecule has 0 bridgehead atoms. The van der Waals surface area contributed by atoms with Crippen LogP contribution in [-0.4, -0.2) is 58.3 Å². The molecule has 0 aliphatic heterocycles. The third-order valence-electron chi connectivity index (χ3n) is 3.93. The largest absolute Gasteiger partial charge is 0.497 e. The van der Waals surface area contributed by atoms with Crippen LogP contribution in [-0.2, 0) is 6.54 Å². The van der Waals surface area contributed by atoms with Crippen molar-refractivity contribution in [2.45, 2.75) is 33.2 Å². The number of nitrogens with one attached hydrogen (secondary N) is 2. The molecule has 1 rings (SSSR count). The molecule has 0 spiro atoms. The number of ether oxygens (including phenoxy) is 2. The fraction of sp³-hybridized carbons (Fsp3) is 0.632. The van der Waals surface area contributed by atoms with Crippen LogP contribution in [0.2, 0.25) is 0 Å². The highest BCUT2D eigenvalue weighted by atomic mass is 16.5. The minimum Gasteiger partial charge on any atom is -0.497 e. The molecule has 0 amide bonds. The van der Waals surface area contributed by atoms with Crippen LogP contribution in [0.4, 0.5) is 0 Å². The molecule has 1 aromatic rings. The van der Waals surface area contributed by atoms with Crippen LogP contribution in [0.15, 0.2) is 23.2 Å². The molecule has 25 heavy (non-hydrogen) atoms. The Morgan fingerprint density at radius 1 is 1.12 bits per heavy atom. The van der Waals surface area contributed by atoms with E-state index < -0.39 is 0 Å². The molecule has 0 saturated heterocycles. The smallest absolute Gasteiger partial charge is 0.191 e. The van der Waals surface area contributed by atoms with Crippen molar-refractivity contribution in [1.82, 2.24) is 15.5 Å². The van der Waals surface area contributed by atoms with Gasteiger partial charge in [-0.05, 0) is 39.1 Å². The number of rotatable bonds is 11. The molecular formula is C19H34N4O2. The SMILES string of the molecule is CCCCN(C)CCNC(=NCc1ccc(OC)cc1OC)NCC. The van der Waals surface area contributed by atoms with E-state index in [1.807, 2.05) is 18.2 Å². The first-order chi connectivity index (χ1) is 12.1. The molecule has 1 aromatic carbocycles. The molecule has 0 radical (unpaired) electrons. The fourth-order valence-electron chi connectivity index (χ4n) is 2.39. The molecule has 142 valence electrons. The van der Waals surface area contributed by atoms with Gasteiger partial charge >= 0.3 is 0 Å². The normalized spacial score (nSPS) is 11.5. The lowest BCUT2D eigenvalue weighted by Crippen LogP contribution is -2.41. The Labute approximate surface area is 152 Å². The number of hydrogen-bond acceptors (Lipinski definition) is 4. The summed E-state index contributed by atoms with van der Waals surface area (Å²) in [7, 11) is 5.47. The summed E-state index contributed by atoms with van der Waals surface area (Å²) in [6.07, 6.45) is 2.47. The maximum absolute atomic E-state index is 5.43. The van der Waals surface area contributed by atoms with Gasteiger partial charge in [0.15, 0.2) is 5.96 Å². The molecule has 0 heterocycles. The summed E-state index contributed by atoms with van der Waals surface area (Å²) >= 11 is 0. The van der Waals surface area contributed by atoms with Gasteiger partial charge in [-0.25, -0.2) is 4.99 Å². The van der Waals surface area contributed by atoms with E-state index in [9.17, 15) is 0 Å². The number of benzene rings is 1. The van der Waals surface area contributed by atoms with Crippen LogP contribution in [0.1, 0.15) is 32.3 Å². The van der Waals surface area contributed by atoms with Gasteiger partial charge in [0, 0.05) is 31.3 Å². The average molecular weight is 351 g/mol. The van der Waals surface area contributed by atoms with Gasteiger partial charge in [0.25, 0.3) is 0 Å². The maximum Gasteiger partial charge on any atom is 0.191 e. The molecule has 0 saturated carbocycles. The fourth-order valence-corrected chi connectivity index (χ4v) is 2.39. The van der Waals surface area contributed by atoms with Gasteiger partial charge in [-0.1, -0.05) is 13.3 Å². The minimum absolute atomic E-state index is 0.550. The second-order valence-electron chi connectivity index (χ2n) is 5.96. The number of hydrogen-bond donors (Lipinski definition) is 2. The van der Waals surface area contributed by atoms with Crippen molar-refractivity contribution in [2.75, 3.05) is 47.4 Å². The molecule has 0 unspecified atom stereocenters. The van der Waals surface area contributed by atoms with Crippen LogP contribution in [0.25, 0.3) is 0 Å². The average Bonchev–Trinajstić information content (AvgIpc) is 2.64. The van der Waals surface area contributed by atoms with Crippen LogP contribution >= 0.6 is 0 Å². The molecule has 6 heteroatoms. The van der Waals surface area contributed by atoms with E-state index >= 15 is 0 Å². The standard InChI is InChI=1S/C19H34N4O2/c1-6-8-12-23(3)13-11-21-19(20-7-2)22-15-16-9-10-17(24-4)14-18(16)25-5/h9-10,14H,6-8,11-13,15H2,1-5H3,(H2,20,21,22). The van der Waals surface area contributed by atoms with Gasteiger partial charge in [0.05, 0.1) is 20.8 Å². The first-order valence-electron chi connectivity index (χ1n) is 9.06. The van der Waals surface area contributed by atoms with Crippen molar-refractivity contribution < 1.29 is 9.47 Å². The molecule has 0 aliphatic carbocycles. The van der Waals surface area contributed by atoms with Crippen LogP contribution in [0.3, 0.4) is 0 Å². The second kappa shape index (κ2) is 12.4. The Hall–Kier alpha value is -1.95. The van der Waals surface area contributed by atoms with E-state index in [0.29, 0.717) is 6.54 Å². The highest BCUT2D eigenvalue weighted by Crippen LogP contribution is 2.25. The van der Waals surface area contributed by atoms with E-state index in [2.05, 4.69) is 41.4 Å². The van der Waals surface area contributed by atoms with Gasteiger partial charge in [-0.15, -0.1) is 0 Å². The summed E-state index contributed by atoms with van der Waals surface area (Å²) in [5, 5.41) is 6.67. The summed E-state index contributed by atoms with van der Waals surface area (Å²) in [6, 6.07) is 5.80. The van der Waals surface area contributed by atoms with Crippen LogP contribution in [0, 0.1) is 0 Å².